The van der Waals surface area contributed by atoms with E-state index in [4.69, 9.17) is 23.2 Å². The van der Waals surface area contributed by atoms with Crippen LogP contribution in [0.5, 0.6) is 0 Å². The molecule has 1 atom stereocenters. The number of hydrogen-bond donors (Lipinski definition) is 1. The molecular weight excluding hydrogens is 307 g/mol. The number of nitrogens with zero attached hydrogens (tertiary/aromatic N) is 1. The molecule has 1 heterocycles. The summed E-state index contributed by atoms with van der Waals surface area (Å²) >= 11 is 11.2. The molecule has 0 aliphatic carbocycles. The van der Waals surface area contributed by atoms with Gasteiger partial charge in [0.05, 0.1) is 5.92 Å². The quantitative estimate of drug-likeness (QED) is 0.894. The van der Waals surface area contributed by atoms with Crippen LogP contribution in [0.4, 0.5) is 5.82 Å². The van der Waals surface area contributed by atoms with E-state index in [0.717, 1.165) is 11.1 Å². The van der Waals surface area contributed by atoms with Gasteiger partial charge in [-0.25, -0.2) is 4.98 Å². The van der Waals surface area contributed by atoms with Crippen molar-refractivity contribution in [1.29, 1.82) is 0 Å². The van der Waals surface area contributed by atoms with Gasteiger partial charge in [0.1, 0.15) is 10.3 Å². The fourth-order valence-corrected chi connectivity index (χ4v) is 2.08. The van der Waals surface area contributed by atoms with Crippen LogP contribution in [0, 0.1) is 0 Å². The van der Waals surface area contributed by atoms with E-state index in [1.54, 1.807) is 24.4 Å². The molecule has 2 aromatic rings. The highest BCUT2D eigenvalue weighted by atomic mass is 35.5. The van der Waals surface area contributed by atoms with Gasteiger partial charge >= 0.3 is 0 Å². The summed E-state index contributed by atoms with van der Waals surface area (Å²) in [4.78, 5) is 16.2. The molecule has 2 rings (SSSR count). The number of carbonyl (C=O) groups excluding carboxylic acids is 1. The van der Waals surface area contributed by atoms with Gasteiger partial charge in [-0.15, -0.1) is 0 Å². The maximum absolute atomic E-state index is 12.2. The maximum atomic E-state index is 12.2. The van der Waals surface area contributed by atoms with Crippen LogP contribution < -0.4 is 5.32 Å². The Balaban J connectivity index is 2.07. The molecular formula is C16H14Cl2N2O. The summed E-state index contributed by atoms with van der Waals surface area (Å²) < 4.78 is 0.198. The first-order chi connectivity index (χ1) is 10.1. The first-order valence-electron chi connectivity index (χ1n) is 6.41. The molecule has 0 saturated heterocycles. The van der Waals surface area contributed by atoms with Crippen molar-refractivity contribution in [2.24, 2.45) is 0 Å². The second kappa shape index (κ2) is 7.25. The normalized spacial score (nSPS) is 11.6. The summed E-state index contributed by atoms with van der Waals surface area (Å²) in [5.41, 5.74) is 1.79. The number of pyridine rings is 1. The number of hydrogen-bond acceptors (Lipinski definition) is 2. The van der Waals surface area contributed by atoms with Crippen LogP contribution >= 0.6 is 23.2 Å². The molecule has 5 heteroatoms. The number of carbonyl (C=O) groups is 1. The molecule has 1 amide bonds. The predicted octanol–water partition coefficient (Wildman–Crippen LogP) is 4.60. The molecule has 0 aliphatic heterocycles. The van der Waals surface area contributed by atoms with Gasteiger partial charge < -0.3 is 5.32 Å². The lowest BCUT2D eigenvalue weighted by molar-refractivity contribution is -0.117. The van der Waals surface area contributed by atoms with E-state index in [1.807, 2.05) is 37.3 Å². The zero-order chi connectivity index (χ0) is 15.2. The number of halogens is 2. The summed E-state index contributed by atoms with van der Waals surface area (Å²) in [5, 5.41) is 2.78. The minimum absolute atomic E-state index is 0.104. The van der Waals surface area contributed by atoms with E-state index in [-0.39, 0.29) is 16.3 Å². The smallest absolute Gasteiger partial charge is 0.232 e. The van der Waals surface area contributed by atoms with Gasteiger partial charge in [-0.3, -0.25) is 4.79 Å². The molecule has 1 N–H and O–H groups in total. The highest BCUT2D eigenvalue weighted by Crippen LogP contribution is 2.20. The monoisotopic (exact) mass is 320 g/mol. The summed E-state index contributed by atoms with van der Waals surface area (Å²) in [6.07, 6.45) is 3.28. The summed E-state index contributed by atoms with van der Waals surface area (Å²) in [6, 6.07) is 12.9. The Kier molecular flexibility index (Phi) is 5.37. The van der Waals surface area contributed by atoms with Crippen LogP contribution in [-0.4, -0.2) is 10.9 Å². The third-order valence-corrected chi connectivity index (χ3v) is 3.24. The van der Waals surface area contributed by atoms with E-state index in [2.05, 4.69) is 10.3 Å². The van der Waals surface area contributed by atoms with Crippen molar-refractivity contribution in [1.82, 2.24) is 4.98 Å². The van der Waals surface area contributed by atoms with Gasteiger partial charge in [-0.1, -0.05) is 53.5 Å². The lowest BCUT2D eigenvalue weighted by atomic mass is 9.99. The number of nitrogens with one attached hydrogen (secondary N) is 1. The van der Waals surface area contributed by atoms with Crippen LogP contribution in [0.2, 0.25) is 0 Å². The minimum Gasteiger partial charge on any atom is -0.310 e. The number of anilines is 1. The number of aromatic nitrogens is 1. The zero-order valence-corrected chi connectivity index (χ0v) is 12.9. The molecule has 0 fully saturated rings. The second-order valence-electron chi connectivity index (χ2n) is 4.53. The topological polar surface area (TPSA) is 42.0 Å². The van der Waals surface area contributed by atoms with E-state index in [9.17, 15) is 4.79 Å². The lowest BCUT2D eigenvalue weighted by Gasteiger charge is -2.12. The van der Waals surface area contributed by atoms with Crippen molar-refractivity contribution < 1.29 is 4.79 Å². The van der Waals surface area contributed by atoms with Gasteiger partial charge in [0.2, 0.25) is 5.91 Å². The van der Waals surface area contributed by atoms with E-state index in [0.29, 0.717) is 5.82 Å². The highest BCUT2D eigenvalue weighted by molar-refractivity contribution is 6.57. The van der Waals surface area contributed by atoms with Crippen molar-refractivity contribution in [3.05, 3.63) is 64.3 Å². The number of amides is 1. The molecule has 21 heavy (non-hydrogen) atoms. The van der Waals surface area contributed by atoms with Gasteiger partial charge in [0, 0.05) is 6.20 Å². The van der Waals surface area contributed by atoms with Crippen LogP contribution in [-0.2, 0) is 4.79 Å². The molecule has 108 valence electrons. The first kappa shape index (κ1) is 15.5. The molecule has 1 aromatic heterocycles. The van der Waals surface area contributed by atoms with Gasteiger partial charge in [0.25, 0.3) is 0 Å². The summed E-state index contributed by atoms with van der Waals surface area (Å²) in [5.74, 6) is 0.159. The zero-order valence-electron chi connectivity index (χ0n) is 11.4. The molecule has 0 saturated carbocycles. The molecule has 1 aromatic carbocycles. The van der Waals surface area contributed by atoms with E-state index in [1.165, 1.54) is 0 Å². The lowest BCUT2D eigenvalue weighted by Crippen LogP contribution is -2.19. The van der Waals surface area contributed by atoms with Crippen molar-refractivity contribution in [3.63, 3.8) is 0 Å². The molecule has 0 radical (unpaired) electrons. The molecule has 0 spiro atoms. The van der Waals surface area contributed by atoms with Crippen LogP contribution in [0.1, 0.15) is 24.0 Å². The molecule has 3 nitrogen and oxygen atoms in total. The molecule has 1 unspecified atom stereocenters. The Bertz CT molecular complexity index is 635. The minimum atomic E-state index is -0.281. The summed E-state index contributed by atoms with van der Waals surface area (Å²) in [6.45, 7) is 1.84. The van der Waals surface area contributed by atoms with Crippen molar-refractivity contribution in [3.8, 4) is 0 Å². The summed E-state index contributed by atoms with van der Waals surface area (Å²) in [7, 11) is 0. The fraction of sp³-hybridized carbons (Fsp3) is 0.125. The van der Waals surface area contributed by atoms with E-state index >= 15 is 0 Å². The average molecular weight is 321 g/mol. The van der Waals surface area contributed by atoms with E-state index < -0.39 is 0 Å². The number of benzene rings is 1. The van der Waals surface area contributed by atoms with Gasteiger partial charge in [-0.05, 0) is 36.3 Å². The van der Waals surface area contributed by atoms with Gasteiger partial charge in [0.15, 0.2) is 0 Å². The van der Waals surface area contributed by atoms with Crippen molar-refractivity contribution >= 4 is 41.0 Å². The fourth-order valence-electron chi connectivity index (χ4n) is 1.83. The van der Waals surface area contributed by atoms with Crippen molar-refractivity contribution in [2.45, 2.75) is 12.8 Å². The van der Waals surface area contributed by atoms with Crippen LogP contribution in [0.3, 0.4) is 0 Å². The Hall–Kier alpha value is -1.84. The maximum Gasteiger partial charge on any atom is 0.232 e. The number of rotatable bonds is 4. The second-order valence-corrected chi connectivity index (χ2v) is 5.53. The first-order valence-corrected chi connectivity index (χ1v) is 7.16. The Morgan fingerprint density at radius 1 is 1.19 bits per heavy atom. The Morgan fingerprint density at radius 2 is 1.90 bits per heavy atom. The third kappa shape index (κ3) is 4.59. The Labute approximate surface area is 133 Å². The average Bonchev–Trinajstić information content (AvgIpc) is 2.47. The molecule has 0 aliphatic rings. The van der Waals surface area contributed by atoms with Crippen molar-refractivity contribution in [2.75, 3.05) is 5.32 Å². The largest absolute Gasteiger partial charge is 0.310 e. The van der Waals surface area contributed by atoms with Crippen LogP contribution in [0.15, 0.2) is 53.2 Å². The third-order valence-electron chi connectivity index (χ3n) is 3.02. The standard InChI is InChI=1S/C16H14Cl2N2O/c1-11(16(21)20-15-4-2-3-9-19-15)13-7-5-12(6-8-13)10-14(17)18/h2-11H,1H3,(H,19,20,21). The SMILES string of the molecule is CC(C(=O)Nc1ccccn1)c1ccc(C=C(Cl)Cl)cc1. The predicted molar refractivity (Wildman–Crippen MR) is 87.4 cm³/mol. The Morgan fingerprint density at radius 3 is 2.48 bits per heavy atom. The van der Waals surface area contributed by atoms with Crippen LogP contribution in [0.25, 0.3) is 6.08 Å². The van der Waals surface area contributed by atoms with Gasteiger partial charge in [-0.2, -0.15) is 0 Å². The molecule has 0 bridgehead atoms. The highest BCUT2D eigenvalue weighted by Gasteiger charge is 2.15.